The molecule has 1 saturated heterocycles. The minimum Gasteiger partial charge on any atom is -0.365 e. The van der Waals surface area contributed by atoms with E-state index in [2.05, 4.69) is 22.0 Å². The van der Waals surface area contributed by atoms with Gasteiger partial charge in [0, 0.05) is 38.3 Å². The Bertz CT molecular complexity index is 991. The van der Waals surface area contributed by atoms with Crippen LogP contribution < -0.4 is 5.32 Å². The summed E-state index contributed by atoms with van der Waals surface area (Å²) in [7, 11) is 1.58. The summed E-state index contributed by atoms with van der Waals surface area (Å²) < 4.78 is 7.63. The van der Waals surface area contributed by atoms with Crippen LogP contribution in [-0.2, 0) is 16.1 Å². The average molecular weight is 377 g/mol. The van der Waals surface area contributed by atoms with Gasteiger partial charge < -0.3 is 19.5 Å². The first kappa shape index (κ1) is 18.3. The maximum Gasteiger partial charge on any atom is 0.256 e. The zero-order chi connectivity index (χ0) is 19.5. The molecule has 28 heavy (non-hydrogen) atoms. The SMILES string of the molecule is CNC(=O)COC1CN(C(=O)c2cccc3ccn(Cc4ccccc4)c23)C1. The second-order valence-corrected chi connectivity index (χ2v) is 6.99. The molecule has 144 valence electrons. The summed E-state index contributed by atoms with van der Waals surface area (Å²) in [5.74, 6) is -0.160. The fourth-order valence-corrected chi connectivity index (χ4v) is 3.49. The molecule has 2 aromatic carbocycles. The number of likely N-dealkylation sites (N-methyl/N-ethyl adjacent to an activating group) is 1. The van der Waals surface area contributed by atoms with E-state index in [-0.39, 0.29) is 24.5 Å². The number of para-hydroxylation sites is 1. The number of carbonyl (C=O) groups excluding carboxylic acids is 2. The third-order valence-corrected chi connectivity index (χ3v) is 5.08. The van der Waals surface area contributed by atoms with E-state index < -0.39 is 0 Å². The molecule has 0 saturated carbocycles. The van der Waals surface area contributed by atoms with Gasteiger partial charge in [0.25, 0.3) is 5.91 Å². The van der Waals surface area contributed by atoms with E-state index in [1.54, 1.807) is 11.9 Å². The maximum absolute atomic E-state index is 13.1. The van der Waals surface area contributed by atoms with Crippen molar-refractivity contribution in [2.45, 2.75) is 12.6 Å². The van der Waals surface area contributed by atoms with E-state index in [4.69, 9.17) is 4.74 Å². The topological polar surface area (TPSA) is 63.6 Å². The lowest BCUT2D eigenvalue weighted by Gasteiger charge is -2.38. The van der Waals surface area contributed by atoms with Gasteiger partial charge in [0.2, 0.25) is 5.91 Å². The van der Waals surface area contributed by atoms with Gasteiger partial charge in [-0.1, -0.05) is 42.5 Å². The Hall–Kier alpha value is -3.12. The molecule has 1 aliphatic rings. The molecule has 0 atom stereocenters. The predicted molar refractivity (Wildman–Crippen MR) is 107 cm³/mol. The Morgan fingerprint density at radius 1 is 1.07 bits per heavy atom. The number of hydrogen-bond acceptors (Lipinski definition) is 3. The van der Waals surface area contributed by atoms with Gasteiger partial charge in [-0.25, -0.2) is 0 Å². The molecule has 4 rings (SSSR count). The third-order valence-electron chi connectivity index (χ3n) is 5.08. The fourth-order valence-electron chi connectivity index (χ4n) is 3.49. The van der Waals surface area contributed by atoms with E-state index in [1.165, 1.54) is 5.56 Å². The van der Waals surface area contributed by atoms with Crippen molar-refractivity contribution in [3.05, 3.63) is 71.9 Å². The normalized spacial score (nSPS) is 14.1. The highest BCUT2D eigenvalue weighted by atomic mass is 16.5. The van der Waals surface area contributed by atoms with Crippen LogP contribution in [0.25, 0.3) is 10.9 Å². The summed E-state index contributed by atoms with van der Waals surface area (Å²) >= 11 is 0. The molecule has 1 aromatic heterocycles. The Kier molecular flexibility index (Phi) is 5.12. The lowest BCUT2D eigenvalue weighted by Crippen LogP contribution is -2.55. The van der Waals surface area contributed by atoms with Gasteiger partial charge >= 0.3 is 0 Å². The van der Waals surface area contributed by atoms with Crippen LogP contribution in [0.1, 0.15) is 15.9 Å². The van der Waals surface area contributed by atoms with Crippen LogP contribution in [-0.4, -0.2) is 54.1 Å². The van der Waals surface area contributed by atoms with Gasteiger partial charge in [-0.15, -0.1) is 0 Å². The second-order valence-electron chi connectivity index (χ2n) is 6.99. The molecule has 0 unspecified atom stereocenters. The van der Waals surface area contributed by atoms with Crippen LogP contribution in [0.5, 0.6) is 0 Å². The number of rotatable bonds is 6. The first-order chi connectivity index (χ1) is 13.7. The number of amides is 2. The highest BCUT2D eigenvalue weighted by Crippen LogP contribution is 2.25. The number of aromatic nitrogens is 1. The Labute approximate surface area is 163 Å². The first-order valence-corrected chi connectivity index (χ1v) is 9.39. The lowest BCUT2D eigenvalue weighted by molar-refractivity contribution is -0.130. The smallest absolute Gasteiger partial charge is 0.256 e. The first-order valence-electron chi connectivity index (χ1n) is 9.39. The number of ether oxygens (including phenoxy) is 1. The summed E-state index contributed by atoms with van der Waals surface area (Å²) in [6, 6.07) is 18.1. The molecule has 1 fully saturated rings. The largest absolute Gasteiger partial charge is 0.365 e. The van der Waals surface area contributed by atoms with Crippen LogP contribution in [0.2, 0.25) is 0 Å². The zero-order valence-corrected chi connectivity index (χ0v) is 15.8. The van der Waals surface area contributed by atoms with Crippen molar-refractivity contribution in [2.75, 3.05) is 26.7 Å². The molecular formula is C22H23N3O3. The molecule has 6 heteroatoms. The summed E-state index contributed by atoms with van der Waals surface area (Å²) in [5.41, 5.74) is 2.84. The molecule has 3 aromatic rings. The van der Waals surface area contributed by atoms with Crippen LogP contribution in [0.4, 0.5) is 0 Å². The van der Waals surface area contributed by atoms with E-state index in [1.807, 2.05) is 48.7 Å². The van der Waals surface area contributed by atoms with Gasteiger partial charge in [0.1, 0.15) is 6.61 Å². The van der Waals surface area contributed by atoms with Crippen molar-refractivity contribution in [2.24, 2.45) is 0 Å². The molecule has 6 nitrogen and oxygen atoms in total. The van der Waals surface area contributed by atoms with E-state index in [0.717, 1.165) is 10.9 Å². The molecule has 2 amide bonds. The summed E-state index contributed by atoms with van der Waals surface area (Å²) in [6.07, 6.45) is 1.94. The molecule has 0 spiro atoms. The molecule has 0 radical (unpaired) electrons. The highest BCUT2D eigenvalue weighted by molar-refractivity contribution is 6.06. The Morgan fingerprint density at radius 3 is 2.61 bits per heavy atom. The Balaban J connectivity index is 1.50. The van der Waals surface area contributed by atoms with Gasteiger partial charge in [0.05, 0.1) is 17.2 Å². The predicted octanol–water partition coefficient (Wildman–Crippen LogP) is 2.28. The second kappa shape index (κ2) is 7.86. The van der Waals surface area contributed by atoms with Crippen molar-refractivity contribution in [3.8, 4) is 0 Å². The summed E-state index contributed by atoms with van der Waals surface area (Å²) in [4.78, 5) is 26.1. The Morgan fingerprint density at radius 2 is 1.86 bits per heavy atom. The van der Waals surface area contributed by atoms with Crippen LogP contribution in [0, 0.1) is 0 Å². The fraction of sp³-hybridized carbons (Fsp3) is 0.273. The number of nitrogens with one attached hydrogen (secondary N) is 1. The number of benzene rings is 2. The number of nitrogens with zero attached hydrogens (tertiary/aromatic N) is 2. The quantitative estimate of drug-likeness (QED) is 0.717. The minimum absolute atomic E-state index is 0.00148. The van der Waals surface area contributed by atoms with Crippen LogP contribution in [0.3, 0.4) is 0 Å². The number of hydrogen-bond donors (Lipinski definition) is 1. The van der Waals surface area contributed by atoms with Gasteiger partial charge in [-0.3, -0.25) is 9.59 Å². The van der Waals surface area contributed by atoms with E-state index in [9.17, 15) is 9.59 Å². The van der Waals surface area contributed by atoms with Gasteiger partial charge in [-0.05, 0) is 17.7 Å². The molecule has 2 heterocycles. The van der Waals surface area contributed by atoms with Crippen LogP contribution in [0.15, 0.2) is 60.8 Å². The summed E-state index contributed by atoms with van der Waals surface area (Å²) in [5, 5.41) is 3.58. The maximum atomic E-state index is 13.1. The number of fused-ring (bicyclic) bond motifs is 1. The van der Waals surface area contributed by atoms with Gasteiger partial charge in [0.15, 0.2) is 0 Å². The molecule has 1 aliphatic heterocycles. The molecule has 0 bridgehead atoms. The molecule has 0 aliphatic carbocycles. The van der Waals surface area contributed by atoms with E-state index >= 15 is 0 Å². The zero-order valence-electron chi connectivity index (χ0n) is 15.8. The van der Waals surface area contributed by atoms with E-state index in [0.29, 0.717) is 25.2 Å². The van der Waals surface area contributed by atoms with Crippen molar-refractivity contribution >= 4 is 22.7 Å². The number of carbonyl (C=O) groups is 2. The number of likely N-dealkylation sites (tertiary alicyclic amines) is 1. The van der Waals surface area contributed by atoms with Crippen molar-refractivity contribution in [1.29, 1.82) is 0 Å². The van der Waals surface area contributed by atoms with Crippen LogP contribution >= 0.6 is 0 Å². The lowest BCUT2D eigenvalue weighted by atomic mass is 10.1. The standard InChI is InChI=1S/C22H23N3O3/c1-23-20(26)15-28-18-13-25(14-18)22(27)19-9-5-8-17-10-11-24(21(17)19)12-16-6-3-2-4-7-16/h2-11,18H,12-15H2,1H3,(H,23,26). The molecular weight excluding hydrogens is 354 g/mol. The van der Waals surface area contributed by atoms with Gasteiger partial charge in [-0.2, -0.15) is 0 Å². The van der Waals surface area contributed by atoms with Crippen molar-refractivity contribution < 1.29 is 14.3 Å². The third kappa shape index (κ3) is 3.64. The van der Waals surface area contributed by atoms with Crippen molar-refractivity contribution in [1.82, 2.24) is 14.8 Å². The highest BCUT2D eigenvalue weighted by Gasteiger charge is 2.33. The monoisotopic (exact) mass is 377 g/mol. The molecule has 1 N–H and O–H groups in total. The van der Waals surface area contributed by atoms with Crippen molar-refractivity contribution in [3.63, 3.8) is 0 Å². The minimum atomic E-state index is -0.159. The summed E-state index contributed by atoms with van der Waals surface area (Å²) in [6.45, 7) is 1.75. The average Bonchev–Trinajstić information content (AvgIpc) is 3.10.